The number of fused-ring (bicyclic) bond motifs is 3. The van der Waals surface area contributed by atoms with Gasteiger partial charge in [-0.1, -0.05) is 124 Å². The van der Waals surface area contributed by atoms with Crippen LogP contribution in [0.25, 0.3) is 49.9 Å². The van der Waals surface area contributed by atoms with Gasteiger partial charge in [-0.15, -0.1) is 0 Å². The molecule has 0 bridgehead atoms. The molecule has 0 saturated heterocycles. The molecule has 0 radical (unpaired) electrons. The van der Waals surface area contributed by atoms with E-state index in [0.29, 0.717) is 23.0 Å². The summed E-state index contributed by atoms with van der Waals surface area (Å²) < 4.78 is 95.4. The van der Waals surface area contributed by atoms with Crippen LogP contribution in [0.15, 0.2) is 187 Å². The van der Waals surface area contributed by atoms with Gasteiger partial charge in [0.1, 0.15) is 23.1 Å². The number of para-hydroxylation sites is 2. The Labute approximate surface area is 343 Å². The number of anilines is 2. The second-order valence-electron chi connectivity index (χ2n) is 14.8. The van der Waals surface area contributed by atoms with Crippen LogP contribution in [0, 0.1) is 0 Å². The third-order valence-electron chi connectivity index (χ3n) is 9.90. The number of pyridine rings is 1. The van der Waals surface area contributed by atoms with Gasteiger partial charge in [0.15, 0.2) is 0 Å². The number of allylic oxidation sites excluding steroid dienone is 1. The van der Waals surface area contributed by atoms with E-state index < -0.39 is 60.4 Å². The first kappa shape index (κ1) is 25.3. The first-order chi connectivity index (χ1) is 31.4. The van der Waals surface area contributed by atoms with Crippen LogP contribution in [0.1, 0.15) is 53.9 Å². The molecule has 0 unspecified atom stereocenters. The normalized spacial score (nSPS) is 15.4. The van der Waals surface area contributed by atoms with Crippen LogP contribution in [-0.4, -0.2) is 9.55 Å². The lowest BCUT2D eigenvalue weighted by atomic mass is 9.88. The highest BCUT2D eigenvalue weighted by atomic mass is 16.5. The Hall–Kier alpha value is -6.85. The topological polar surface area (TPSA) is 33.5 Å². The first-order valence-electron chi connectivity index (χ1n) is 23.4. The zero-order valence-corrected chi connectivity index (χ0v) is 31.7. The molecule has 0 amide bonds. The van der Waals surface area contributed by atoms with Crippen LogP contribution < -0.4 is 14.5 Å². The van der Waals surface area contributed by atoms with E-state index in [1.165, 1.54) is 0 Å². The van der Waals surface area contributed by atoms with Crippen molar-refractivity contribution in [3.05, 3.63) is 193 Å². The molecule has 56 heavy (non-hydrogen) atoms. The molecule has 5 nitrogen and oxygen atoms in total. The van der Waals surface area contributed by atoms with E-state index in [-0.39, 0.29) is 33.4 Å². The summed E-state index contributed by atoms with van der Waals surface area (Å²) in [6.07, 6.45) is 5.41. The van der Waals surface area contributed by atoms with E-state index in [2.05, 4.69) is 49.6 Å². The van der Waals surface area contributed by atoms with E-state index in [0.717, 1.165) is 38.8 Å². The van der Waals surface area contributed by atoms with Gasteiger partial charge in [-0.25, -0.2) is 4.98 Å². The van der Waals surface area contributed by atoms with Gasteiger partial charge in [0, 0.05) is 52.6 Å². The zero-order chi connectivity index (χ0) is 47.1. The Morgan fingerprint density at radius 3 is 1.96 bits per heavy atom. The zero-order valence-electron chi connectivity index (χ0n) is 41.7. The maximum absolute atomic E-state index is 8.97. The van der Waals surface area contributed by atoms with Crippen LogP contribution in [0.2, 0.25) is 0 Å². The molecular weight excluding hydrogens is 685 g/mol. The Bertz CT molecular complexity index is 3240. The molecule has 2 aromatic heterocycles. The predicted molar refractivity (Wildman–Crippen MR) is 234 cm³/mol. The number of rotatable bonds is 7. The minimum Gasteiger partial charge on any atom is -0.457 e. The third-order valence-corrected chi connectivity index (χ3v) is 9.90. The standard InChI is InChI=1S/C51H44N4O/c1-35(2)50-53(30-31-54(50)49-42(36-16-8-6-9-17-36)23-15-24-43(49)37-18-10-7-11-19-37)39-20-14-21-40(33-39)56-41-26-27-45-44-22-12-13-25-46(44)55(47(45)34-41)48-32-38(28-29-52-48)51(3,4)5/h6-34H,1-5H3/i6D,7D,8D,9D,10D,11D,16D,17D,18D,19D. The van der Waals surface area contributed by atoms with Crippen LogP contribution in [0.4, 0.5) is 11.4 Å². The summed E-state index contributed by atoms with van der Waals surface area (Å²) in [4.78, 5) is 8.50. The van der Waals surface area contributed by atoms with Crippen molar-refractivity contribution < 1.29 is 18.4 Å². The fourth-order valence-corrected chi connectivity index (χ4v) is 7.34. The molecule has 1 aliphatic heterocycles. The molecule has 274 valence electrons. The minimum atomic E-state index is -0.554. The lowest BCUT2D eigenvalue weighted by Crippen LogP contribution is -2.24. The van der Waals surface area contributed by atoms with Crippen molar-refractivity contribution in [3.8, 4) is 39.6 Å². The average molecular weight is 739 g/mol. The summed E-state index contributed by atoms with van der Waals surface area (Å²) in [5.74, 6) is 2.54. The molecule has 0 fully saturated rings. The monoisotopic (exact) mass is 738 g/mol. The van der Waals surface area contributed by atoms with E-state index >= 15 is 0 Å². The average Bonchev–Trinajstić information content (AvgIpc) is 3.89. The first-order valence-corrected chi connectivity index (χ1v) is 18.4. The van der Waals surface area contributed by atoms with Crippen LogP contribution >= 0.6 is 0 Å². The van der Waals surface area contributed by atoms with Crippen molar-refractivity contribution in [1.29, 1.82) is 0 Å². The summed E-state index contributed by atoms with van der Waals surface area (Å²) in [6, 6.07) is 25.8. The summed E-state index contributed by atoms with van der Waals surface area (Å²) in [7, 11) is 0. The van der Waals surface area contributed by atoms with Crippen molar-refractivity contribution in [2.45, 2.75) is 40.0 Å². The smallest absolute Gasteiger partial charge is 0.137 e. The Morgan fingerprint density at radius 1 is 0.625 bits per heavy atom. The molecule has 3 heterocycles. The van der Waals surface area contributed by atoms with E-state index in [1.54, 1.807) is 29.3 Å². The quantitative estimate of drug-likeness (QED) is 0.163. The maximum atomic E-state index is 8.97. The fraction of sp³-hybridized carbons (Fsp3) is 0.118. The molecule has 6 aromatic carbocycles. The summed E-state index contributed by atoms with van der Waals surface area (Å²) in [5.41, 5.74) is 4.99. The van der Waals surface area contributed by atoms with E-state index in [4.69, 9.17) is 23.4 Å². The lowest BCUT2D eigenvalue weighted by molar-refractivity contribution is 0.483. The number of hydrogen-bond donors (Lipinski definition) is 0. The van der Waals surface area contributed by atoms with Gasteiger partial charge in [-0.3, -0.25) is 4.57 Å². The van der Waals surface area contributed by atoms with Gasteiger partial charge in [0.25, 0.3) is 0 Å². The number of ether oxygens (including phenoxy) is 1. The van der Waals surface area contributed by atoms with E-state index in [1.807, 2.05) is 85.7 Å². The largest absolute Gasteiger partial charge is 0.457 e. The SMILES string of the molecule is [2H]c1c([2H])c([2H])c(-c2cccc(-c3c([2H])c([2H])c([2H])c([2H])c3[2H])c2N2C=CN(c3cccc(Oc4ccc5c6ccccc6n(-c6cc(C(C)(C)C)ccn6)c5c4)c3)C2=C(C)C)c([2H])c1[2H]. The number of nitrogens with zero attached hydrogens (tertiary/aromatic N) is 4. The predicted octanol–water partition coefficient (Wildman–Crippen LogP) is 13.7. The molecule has 0 spiro atoms. The molecule has 8 aromatic rings. The number of aromatic nitrogens is 2. The molecular formula is C51H44N4O. The van der Waals surface area contributed by atoms with Crippen molar-refractivity contribution in [2.75, 3.05) is 9.80 Å². The van der Waals surface area contributed by atoms with Gasteiger partial charge in [0.2, 0.25) is 0 Å². The minimum absolute atomic E-state index is 0.0803. The number of benzene rings is 6. The van der Waals surface area contributed by atoms with Gasteiger partial charge in [0.05, 0.1) is 36.1 Å². The van der Waals surface area contributed by atoms with Gasteiger partial charge in [-0.2, -0.15) is 0 Å². The Balaban J connectivity index is 1.15. The molecule has 5 heteroatoms. The van der Waals surface area contributed by atoms with Crippen molar-refractivity contribution in [1.82, 2.24) is 9.55 Å². The van der Waals surface area contributed by atoms with Crippen LogP contribution in [0.5, 0.6) is 11.5 Å². The maximum Gasteiger partial charge on any atom is 0.137 e. The Morgan fingerprint density at radius 2 is 1.27 bits per heavy atom. The molecule has 0 atom stereocenters. The lowest BCUT2D eigenvalue weighted by Gasteiger charge is -2.30. The van der Waals surface area contributed by atoms with Crippen molar-refractivity contribution in [2.24, 2.45) is 0 Å². The molecule has 0 N–H and O–H groups in total. The van der Waals surface area contributed by atoms with Crippen LogP contribution in [-0.2, 0) is 5.41 Å². The number of hydrogen-bond acceptors (Lipinski definition) is 4. The highest BCUT2D eigenvalue weighted by Crippen LogP contribution is 2.45. The molecule has 0 saturated carbocycles. The van der Waals surface area contributed by atoms with Crippen LogP contribution in [0.3, 0.4) is 0 Å². The second-order valence-corrected chi connectivity index (χ2v) is 14.8. The molecule has 9 rings (SSSR count). The molecule has 0 aliphatic carbocycles. The fourth-order valence-electron chi connectivity index (χ4n) is 7.34. The van der Waals surface area contributed by atoms with Gasteiger partial charge < -0.3 is 14.5 Å². The van der Waals surface area contributed by atoms with Gasteiger partial charge >= 0.3 is 0 Å². The summed E-state index contributed by atoms with van der Waals surface area (Å²) in [6.45, 7) is 10.3. The van der Waals surface area contributed by atoms with Gasteiger partial charge in [-0.05, 0) is 84.0 Å². The van der Waals surface area contributed by atoms with Crippen molar-refractivity contribution >= 4 is 33.2 Å². The third kappa shape index (κ3) is 6.31. The van der Waals surface area contributed by atoms with E-state index in [9.17, 15) is 0 Å². The highest BCUT2D eigenvalue weighted by molar-refractivity contribution is 6.09. The summed E-state index contributed by atoms with van der Waals surface area (Å²) >= 11 is 0. The second kappa shape index (κ2) is 14.1. The summed E-state index contributed by atoms with van der Waals surface area (Å²) in [5, 5.41) is 2.14. The molecule has 1 aliphatic rings. The van der Waals surface area contributed by atoms with Crippen molar-refractivity contribution in [3.63, 3.8) is 0 Å². The highest BCUT2D eigenvalue weighted by Gasteiger charge is 2.28. The Kier molecular flexibility index (Phi) is 6.36.